The minimum absolute atomic E-state index is 0.149. The molecule has 0 aliphatic rings. The topological polar surface area (TPSA) is 85.5 Å². The highest BCUT2D eigenvalue weighted by Gasteiger charge is 2.23. The van der Waals surface area contributed by atoms with Gasteiger partial charge in [-0.05, 0) is 26.0 Å². The number of nitrogens with zero attached hydrogens (tertiary/aromatic N) is 2. The molecule has 19 heavy (non-hydrogen) atoms. The largest absolute Gasteiger partial charge is 0.438 e. The van der Waals surface area contributed by atoms with E-state index in [1.54, 1.807) is 32.2 Å². The lowest BCUT2D eigenvalue weighted by molar-refractivity contribution is -0.385. The standard InChI is InChI=1S/C12H12N2O4S/c1-7-10(4-3-5-13-7)18-12-9(14(16)17)6-11(19-12)8(2)15/h3-6,8,15H,1-2H3/t8-/m1/s1. The van der Waals surface area contributed by atoms with Crippen molar-refractivity contribution in [2.45, 2.75) is 20.0 Å². The number of ether oxygens (including phenoxy) is 1. The van der Waals surface area contributed by atoms with Crippen LogP contribution in [0.2, 0.25) is 0 Å². The molecular weight excluding hydrogens is 268 g/mol. The Morgan fingerprint density at radius 1 is 1.58 bits per heavy atom. The zero-order valence-corrected chi connectivity index (χ0v) is 11.2. The van der Waals surface area contributed by atoms with E-state index in [9.17, 15) is 15.2 Å². The van der Waals surface area contributed by atoms with Crippen molar-refractivity contribution in [2.75, 3.05) is 0 Å². The molecule has 7 heteroatoms. The first kappa shape index (κ1) is 13.4. The number of pyridine rings is 1. The Labute approximate surface area is 113 Å². The average Bonchev–Trinajstić information content (AvgIpc) is 2.76. The Hall–Kier alpha value is -1.99. The first-order valence-corrected chi connectivity index (χ1v) is 6.36. The molecule has 0 aromatic carbocycles. The van der Waals surface area contributed by atoms with Crippen molar-refractivity contribution in [1.29, 1.82) is 0 Å². The maximum absolute atomic E-state index is 11.0. The molecule has 0 saturated carbocycles. The van der Waals surface area contributed by atoms with Crippen LogP contribution in [0.3, 0.4) is 0 Å². The summed E-state index contributed by atoms with van der Waals surface area (Å²) < 4.78 is 5.54. The Morgan fingerprint density at radius 3 is 2.89 bits per heavy atom. The van der Waals surface area contributed by atoms with Crippen LogP contribution < -0.4 is 4.74 Å². The van der Waals surface area contributed by atoms with Crippen LogP contribution in [0.15, 0.2) is 24.4 Å². The fourth-order valence-corrected chi connectivity index (χ4v) is 2.39. The summed E-state index contributed by atoms with van der Waals surface area (Å²) in [6, 6.07) is 4.71. The highest BCUT2D eigenvalue weighted by molar-refractivity contribution is 7.14. The smallest absolute Gasteiger partial charge is 0.323 e. The first-order chi connectivity index (χ1) is 8.99. The van der Waals surface area contributed by atoms with Crippen LogP contribution in [0, 0.1) is 17.0 Å². The van der Waals surface area contributed by atoms with Gasteiger partial charge in [0.05, 0.1) is 16.7 Å². The molecule has 2 aromatic rings. The third kappa shape index (κ3) is 2.88. The molecule has 0 unspecified atom stereocenters. The third-order valence-corrected chi connectivity index (χ3v) is 3.64. The molecule has 0 amide bonds. The highest BCUT2D eigenvalue weighted by atomic mass is 32.1. The van der Waals surface area contributed by atoms with Crippen molar-refractivity contribution >= 4 is 17.0 Å². The Balaban J connectivity index is 2.39. The van der Waals surface area contributed by atoms with Crippen LogP contribution >= 0.6 is 11.3 Å². The molecule has 100 valence electrons. The van der Waals surface area contributed by atoms with Gasteiger partial charge in [0.2, 0.25) is 0 Å². The lowest BCUT2D eigenvalue weighted by atomic mass is 10.3. The number of aliphatic hydroxyl groups is 1. The van der Waals surface area contributed by atoms with E-state index in [-0.39, 0.29) is 10.8 Å². The summed E-state index contributed by atoms with van der Waals surface area (Å²) in [6.45, 7) is 3.30. The van der Waals surface area contributed by atoms with E-state index in [2.05, 4.69) is 4.98 Å². The average molecular weight is 280 g/mol. The monoisotopic (exact) mass is 280 g/mol. The molecule has 0 aliphatic carbocycles. The maximum atomic E-state index is 11.0. The van der Waals surface area contributed by atoms with Crippen LogP contribution in [-0.4, -0.2) is 15.0 Å². The van der Waals surface area contributed by atoms with Crippen LogP contribution in [0.5, 0.6) is 10.8 Å². The zero-order valence-electron chi connectivity index (χ0n) is 10.4. The molecule has 0 saturated heterocycles. The second-order valence-electron chi connectivity index (χ2n) is 3.94. The second-order valence-corrected chi connectivity index (χ2v) is 4.99. The van der Waals surface area contributed by atoms with E-state index in [1.807, 2.05) is 0 Å². The minimum atomic E-state index is -0.768. The van der Waals surface area contributed by atoms with Crippen LogP contribution in [-0.2, 0) is 0 Å². The summed E-state index contributed by atoms with van der Waals surface area (Å²) in [6.07, 6.45) is 0.850. The van der Waals surface area contributed by atoms with Gasteiger partial charge in [-0.25, -0.2) is 0 Å². The van der Waals surface area contributed by atoms with E-state index >= 15 is 0 Å². The molecule has 0 fully saturated rings. The van der Waals surface area contributed by atoms with Crippen molar-refractivity contribution in [1.82, 2.24) is 4.98 Å². The van der Waals surface area contributed by atoms with E-state index in [0.29, 0.717) is 16.3 Å². The second kappa shape index (κ2) is 5.33. The Kier molecular flexibility index (Phi) is 3.77. The van der Waals surface area contributed by atoms with Crippen molar-refractivity contribution in [2.24, 2.45) is 0 Å². The van der Waals surface area contributed by atoms with Crippen LogP contribution in [0.25, 0.3) is 0 Å². The molecule has 1 atom stereocenters. The summed E-state index contributed by atoms with van der Waals surface area (Å²) >= 11 is 1.06. The number of rotatable bonds is 4. The maximum Gasteiger partial charge on any atom is 0.323 e. The van der Waals surface area contributed by atoms with Gasteiger partial charge in [0.1, 0.15) is 5.75 Å². The third-order valence-electron chi connectivity index (χ3n) is 2.47. The van der Waals surface area contributed by atoms with Gasteiger partial charge in [-0.1, -0.05) is 11.3 Å². The summed E-state index contributed by atoms with van der Waals surface area (Å²) in [5.74, 6) is 0.463. The molecule has 0 radical (unpaired) electrons. The summed E-state index contributed by atoms with van der Waals surface area (Å²) in [5, 5.41) is 20.6. The number of aliphatic hydroxyl groups excluding tert-OH is 1. The predicted molar refractivity (Wildman–Crippen MR) is 70.7 cm³/mol. The zero-order chi connectivity index (χ0) is 14.0. The summed E-state index contributed by atoms with van der Waals surface area (Å²) in [7, 11) is 0. The molecule has 0 aliphatic heterocycles. The van der Waals surface area contributed by atoms with Crippen molar-refractivity contribution in [3.63, 3.8) is 0 Å². The SMILES string of the molecule is Cc1ncccc1Oc1sc([C@@H](C)O)cc1[N+](=O)[O-]. The van der Waals surface area contributed by atoms with Crippen molar-refractivity contribution < 1.29 is 14.8 Å². The first-order valence-electron chi connectivity index (χ1n) is 5.54. The fraction of sp³-hybridized carbons (Fsp3) is 0.250. The van der Waals surface area contributed by atoms with E-state index in [0.717, 1.165) is 11.3 Å². The quantitative estimate of drug-likeness (QED) is 0.686. The fourth-order valence-electron chi connectivity index (χ4n) is 1.47. The van der Waals surface area contributed by atoms with E-state index < -0.39 is 11.0 Å². The van der Waals surface area contributed by atoms with Gasteiger partial charge in [-0.3, -0.25) is 15.1 Å². The number of aromatic nitrogens is 1. The Morgan fingerprint density at radius 2 is 2.32 bits per heavy atom. The predicted octanol–water partition coefficient (Wildman–Crippen LogP) is 3.21. The summed E-state index contributed by atoms with van der Waals surface area (Å²) in [5.41, 5.74) is 0.493. The number of nitro groups is 1. The molecule has 2 heterocycles. The van der Waals surface area contributed by atoms with Gasteiger partial charge in [0.25, 0.3) is 5.06 Å². The molecule has 6 nitrogen and oxygen atoms in total. The van der Waals surface area contributed by atoms with Crippen molar-refractivity contribution in [3.05, 3.63) is 45.1 Å². The minimum Gasteiger partial charge on any atom is -0.438 e. The number of hydrogen-bond donors (Lipinski definition) is 1. The lowest BCUT2D eigenvalue weighted by Crippen LogP contribution is -1.91. The van der Waals surface area contributed by atoms with Gasteiger partial charge in [-0.2, -0.15) is 0 Å². The number of thiophene rings is 1. The van der Waals surface area contributed by atoms with Gasteiger partial charge >= 0.3 is 5.69 Å². The lowest BCUT2D eigenvalue weighted by Gasteiger charge is -2.04. The van der Waals surface area contributed by atoms with Crippen LogP contribution in [0.4, 0.5) is 5.69 Å². The highest BCUT2D eigenvalue weighted by Crippen LogP contribution is 2.42. The van der Waals surface area contributed by atoms with Gasteiger partial charge in [-0.15, -0.1) is 0 Å². The normalized spacial score (nSPS) is 12.2. The molecule has 2 rings (SSSR count). The van der Waals surface area contributed by atoms with E-state index in [1.165, 1.54) is 6.07 Å². The molecule has 0 bridgehead atoms. The van der Waals surface area contributed by atoms with Gasteiger partial charge < -0.3 is 9.84 Å². The number of hydrogen-bond acceptors (Lipinski definition) is 6. The molecular formula is C12H12N2O4S. The Bertz CT molecular complexity index is 610. The van der Waals surface area contributed by atoms with Crippen molar-refractivity contribution in [3.8, 4) is 10.8 Å². The molecule has 2 aromatic heterocycles. The molecule has 0 spiro atoms. The van der Waals surface area contributed by atoms with Crippen LogP contribution in [0.1, 0.15) is 23.6 Å². The number of aryl methyl sites for hydroxylation is 1. The van der Waals surface area contributed by atoms with Gasteiger partial charge in [0, 0.05) is 17.1 Å². The molecule has 1 N–H and O–H groups in total. The summed E-state index contributed by atoms with van der Waals surface area (Å²) in [4.78, 5) is 15.0. The van der Waals surface area contributed by atoms with Gasteiger partial charge in [0.15, 0.2) is 0 Å². The van der Waals surface area contributed by atoms with E-state index in [4.69, 9.17) is 4.74 Å².